The summed E-state index contributed by atoms with van der Waals surface area (Å²) in [5, 5.41) is 3.45. The maximum Gasteiger partial charge on any atom is 0.244 e. The Bertz CT molecular complexity index is 641. The number of thioether (sulfide) groups is 1. The summed E-state index contributed by atoms with van der Waals surface area (Å²) in [6.07, 6.45) is 1.35. The van der Waals surface area contributed by atoms with Crippen LogP contribution in [0.15, 0.2) is 28.3 Å². The summed E-state index contributed by atoms with van der Waals surface area (Å²) in [5.41, 5.74) is 0. The number of rotatable bonds is 7. The number of nitrogens with zero attached hydrogens (tertiary/aromatic N) is 2. The lowest BCUT2D eigenvalue weighted by Gasteiger charge is -2.25. The number of nitrogens with one attached hydrogen (secondary N) is 1. The van der Waals surface area contributed by atoms with Crippen molar-refractivity contribution in [2.24, 2.45) is 5.92 Å². The molecule has 0 saturated carbocycles. The van der Waals surface area contributed by atoms with E-state index in [-0.39, 0.29) is 16.6 Å². The summed E-state index contributed by atoms with van der Waals surface area (Å²) < 4.78 is 31.5. The highest BCUT2D eigenvalue weighted by molar-refractivity contribution is 7.99. The predicted molar refractivity (Wildman–Crippen MR) is 92.4 cm³/mol. The minimum absolute atomic E-state index is 0.0551. The van der Waals surface area contributed by atoms with E-state index in [1.54, 1.807) is 6.07 Å². The average Bonchev–Trinajstić information content (AvgIpc) is 2.59. The number of morpholine rings is 1. The third-order valence-corrected chi connectivity index (χ3v) is 6.20. The highest BCUT2D eigenvalue weighted by Crippen LogP contribution is 2.20. The lowest BCUT2D eigenvalue weighted by Crippen LogP contribution is -2.40. The van der Waals surface area contributed by atoms with Crippen LogP contribution in [0.25, 0.3) is 0 Å². The Kier molecular flexibility index (Phi) is 7.02. The number of aromatic nitrogens is 1. The van der Waals surface area contributed by atoms with E-state index in [0.717, 1.165) is 0 Å². The van der Waals surface area contributed by atoms with Crippen LogP contribution in [-0.2, 0) is 19.6 Å². The van der Waals surface area contributed by atoms with Crippen molar-refractivity contribution in [1.29, 1.82) is 0 Å². The van der Waals surface area contributed by atoms with Crippen molar-refractivity contribution in [2.75, 3.05) is 38.6 Å². The van der Waals surface area contributed by atoms with Crippen LogP contribution in [0, 0.1) is 5.92 Å². The van der Waals surface area contributed by atoms with Crippen LogP contribution >= 0.6 is 11.8 Å². The Balaban J connectivity index is 1.91. The maximum atomic E-state index is 12.5. The van der Waals surface area contributed by atoms with Gasteiger partial charge in [0.1, 0.15) is 4.90 Å². The molecule has 0 atom stereocenters. The molecular formula is C15H23N3O4S2. The molecule has 9 heteroatoms. The van der Waals surface area contributed by atoms with Gasteiger partial charge < -0.3 is 10.1 Å². The normalized spacial score (nSPS) is 16.3. The van der Waals surface area contributed by atoms with Gasteiger partial charge in [0.25, 0.3) is 0 Å². The zero-order valence-electron chi connectivity index (χ0n) is 13.9. The number of ether oxygens (including phenoxy) is 1. The molecule has 0 spiro atoms. The molecule has 0 aliphatic carbocycles. The van der Waals surface area contributed by atoms with Crippen molar-refractivity contribution >= 4 is 27.7 Å². The number of pyridine rings is 1. The van der Waals surface area contributed by atoms with Crippen molar-refractivity contribution in [2.45, 2.75) is 23.8 Å². The number of carbonyl (C=O) groups is 1. The van der Waals surface area contributed by atoms with Gasteiger partial charge in [0.2, 0.25) is 15.9 Å². The Morgan fingerprint density at radius 3 is 2.67 bits per heavy atom. The fraction of sp³-hybridized carbons (Fsp3) is 0.600. The lowest BCUT2D eigenvalue weighted by molar-refractivity contribution is -0.118. The minimum Gasteiger partial charge on any atom is -0.379 e. The number of hydrogen-bond donors (Lipinski definition) is 1. The molecule has 0 unspecified atom stereocenters. The summed E-state index contributed by atoms with van der Waals surface area (Å²) in [7, 11) is -3.53. The van der Waals surface area contributed by atoms with Crippen LogP contribution in [0.3, 0.4) is 0 Å². The lowest BCUT2D eigenvalue weighted by atomic mass is 10.2. The van der Waals surface area contributed by atoms with Gasteiger partial charge in [0.15, 0.2) is 0 Å². The van der Waals surface area contributed by atoms with Gasteiger partial charge in [-0.1, -0.05) is 25.6 Å². The van der Waals surface area contributed by atoms with Crippen LogP contribution < -0.4 is 5.32 Å². The van der Waals surface area contributed by atoms with Crippen molar-refractivity contribution in [3.05, 3.63) is 18.3 Å². The molecule has 7 nitrogen and oxygen atoms in total. The number of sulfonamides is 1. The highest BCUT2D eigenvalue weighted by atomic mass is 32.2. The van der Waals surface area contributed by atoms with Gasteiger partial charge in [-0.2, -0.15) is 4.31 Å². The molecule has 0 radical (unpaired) electrons. The van der Waals surface area contributed by atoms with E-state index in [1.165, 1.54) is 28.3 Å². The second kappa shape index (κ2) is 8.80. The highest BCUT2D eigenvalue weighted by Gasteiger charge is 2.26. The smallest absolute Gasteiger partial charge is 0.244 e. The van der Waals surface area contributed by atoms with E-state index >= 15 is 0 Å². The molecule has 1 saturated heterocycles. The zero-order chi connectivity index (χ0) is 17.6. The van der Waals surface area contributed by atoms with Gasteiger partial charge in [-0.15, -0.1) is 0 Å². The monoisotopic (exact) mass is 373 g/mol. The van der Waals surface area contributed by atoms with E-state index in [2.05, 4.69) is 10.3 Å². The second-order valence-corrected chi connectivity index (χ2v) is 8.77. The topological polar surface area (TPSA) is 88.6 Å². The predicted octanol–water partition coefficient (Wildman–Crippen LogP) is 0.967. The third-order valence-electron chi connectivity index (χ3n) is 3.38. The molecule has 1 aliphatic heterocycles. The first-order chi connectivity index (χ1) is 11.4. The maximum absolute atomic E-state index is 12.5. The van der Waals surface area contributed by atoms with E-state index in [9.17, 15) is 13.2 Å². The summed E-state index contributed by atoms with van der Waals surface area (Å²) >= 11 is 1.28. The third kappa shape index (κ3) is 5.44. The first kappa shape index (κ1) is 19.2. The molecule has 24 heavy (non-hydrogen) atoms. The van der Waals surface area contributed by atoms with Crippen LogP contribution in [0.4, 0.5) is 0 Å². The standard InChI is InChI=1S/C15H23N3O4S2/c1-12(2)9-16-14(19)11-23-15-4-3-13(10-17-15)24(20,21)18-5-7-22-8-6-18/h3-4,10,12H,5-9,11H2,1-2H3,(H,16,19). The van der Waals surface area contributed by atoms with E-state index < -0.39 is 10.0 Å². The molecule has 1 amide bonds. The van der Waals surface area contributed by atoms with E-state index in [0.29, 0.717) is 43.8 Å². The fourth-order valence-corrected chi connectivity index (χ4v) is 4.08. The minimum atomic E-state index is -3.53. The number of carbonyl (C=O) groups excluding carboxylic acids is 1. The number of hydrogen-bond acceptors (Lipinski definition) is 6. The summed E-state index contributed by atoms with van der Waals surface area (Å²) in [6, 6.07) is 3.17. The molecule has 1 aromatic heterocycles. The largest absolute Gasteiger partial charge is 0.379 e. The van der Waals surface area contributed by atoms with Crippen molar-refractivity contribution in [3.8, 4) is 0 Å². The molecule has 2 rings (SSSR count). The molecular weight excluding hydrogens is 350 g/mol. The number of amides is 1. The van der Waals surface area contributed by atoms with Crippen LogP contribution in [-0.4, -0.2) is 62.2 Å². The zero-order valence-corrected chi connectivity index (χ0v) is 15.5. The summed E-state index contributed by atoms with van der Waals surface area (Å²) in [5.74, 6) is 0.609. The van der Waals surface area contributed by atoms with E-state index in [4.69, 9.17) is 4.74 Å². The first-order valence-electron chi connectivity index (χ1n) is 7.83. The van der Waals surface area contributed by atoms with Crippen molar-refractivity contribution in [1.82, 2.24) is 14.6 Å². The summed E-state index contributed by atoms with van der Waals surface area (Å²) in [4.78, 5) is 16.0. The first-order valence-corrected chi connectivity index (χ1v) is 10.3. The second-order valence-electron chi connectivity index (χ2n) is 5.84. The van der Waals surface area contributed by atoms with E-state index in [1.807, 2.05) is 13.8 Å². The summed E-state index contributed by atoms with van der Waals surface area (Å²) in [6.45, 7) is 6.23. The van der Waals surface area contributed by atoms with Gasteiger partial charge in [-0.3, -0.25) is 4.79 Å². The van der Waals surface area contributed by atoms with Gasteiger partial charge >= 0.3 is 0 Å². The molecule has 2 heterocycles. The average molecular weight is 374 g/mol. The Hall–Kier alpha value is -1.16. The van der Waals surface area contributed by atoms with Crippen LogP contribution in [0.2, 0.25) is 0 Å². The quantitative estimate of drug-likeness (QED) is 0.717. The van der Waals surface area contributed by atoms with Gasteiger partial charge in [0.05, 0.1) is 24.0 Å². The van der Waals surface area contributed by atoms with Crippen molar-refractivity contribution < 1.29 is 17.9 Å². The van der Waals surface area contributed by atoms with Crippen LogP contribution in [0.1, 0.15) is 13.8 Å². The molecule has 1 aromatic rings. The van der Waals surface area contributed by atoms with Gasteiger partial charge in [-0.25, -0.2) is 13.4 Å². The molecule has 1 aliphatic rings. The molecule has 0 aromatic carbocycles. The van der Waals surface area contributed by atoms with Crippen LogP contribution in [0.5, 0.6) is 0 Å². The Morgan fingerprint density at radius 2 is 2.08 bits per heavy atom. The molecule has 1 fully saturated rings. The van der Waals surface area contributed by atoms with Gasteiger partial charge in [0, 0.05) is 25.8 Å². The molecule has 134 valence electrons. The fourth-order valence-electron chi connectivity index (χ4n) is 2.05. The van der Waals surface area contributed by atoms with Crippen molar-refractivity contribution in [3.63, 3.8) is 0 Å². The molecule has 0 bridgehead atoms. The molecule has 1 N–H and O–H groups in total. The Morgan fingerprint density at radius 1 is 1.38 bits per heavy atom. The van der Waals surface area contributed by atoms with Gasteiger partial charge in [-0.05, 0) is 18.1 Å². The SMILES string of the molecule is CC(C)CNC(=O)CSc1ccc(S(=O)(=O)N2CCOCC2)cn1. The Labute approximate surface area is 147 Å².